The van der Waals surface area contributed by atoms with Crippen molar-refractivity contribution in [1.82, 2.24) is 0 Å². The second-order valence-corrected chi connectivity index (χ2v) is 5.25. The zero-order chi connectivity index (χ0) is 12.0. The van der Waals surface area contributed by atoms with Crippen LogP contribution in [0.15, 0.2) is 12.7 Å². The van der Waals surface area contributed by atoms with E-state index >= 15 is 0 Å². The molecule has 0 fully saturated rings. The molecule has 0 aliphatic heterocycles. The average Bonchev–Trinajstić information content (AvgIpc) is 2.03. The van der Waals surface area contributed by atoms with Gasteiger partial charge in [-0.25, -0.2) is 0 Å². The maximum Gasteiger partial charge on any atom is 0.270 e. The Labute approximate surface area is 84.7 Å². The molecule has 0 aromatic rings. The van der Waals surface area contributed by atoms with Crippen LogP contribution in [0.5, 0.6) is 0 Å². The smallest absolute Gasteiger partial charge is 0.270 e. The predicted octanol–water partition coefficient (Wildman–Crippen LogP) is 0.721. The highest BCUT2D eigenvalue weighted by molar-refractivity contribution is 7.87. The monoisotopic (exact) mass is 223 g/mol. The van der Waals surface area contributed by atoms with Crippen molar-refractivity contribution in [2.24, 2.45) is 5.73 Å². The fourth-order valence-electron chi connectivity index (χ4n) is 0.182. The fraction of sp³-hybridized carbons (Fsp3) is 0.625. The first-order chi connectivity index (χ1) is 6.08. The molecule has 0 aliphatic carbocycles. The Morgan fingerprint density at radius 1 is 1.57 bits per heavy atom. The highest BCUT2D eigenvalue weighted by atomic mass is 32.2. The number of amides is 1. The number of carbonyl (C=O) groups excluding carboxylic acids is 1. The van der Waals surface area contributed by atoms with Crippen molar-refractivity contribution in [1.29, 1.82) is 0 Å². The van der Waals surface area contributed by atoms with E-state index < -0.39 is 20.8 Å². The van der Waals surface area contributed by atoms with Crippen molar-refractivity contribution in [3.05, 3.63) is 12.7 Å². The van der Waals surface area contributed by atoms with Gasteiger partial charge in [-0.15, -0.1) is 0 Å². The Balaban J connectivity index is 0. The summed E-state index contributed by atoms with van der Waals surface area (Å²) in [5.74, 6) is -0.481. The topological polar surface area (TPSA) is 97.5 Å². The molecule has 1 amide bonds. The number of nitrogens with two attached hydrogens (primary N) is 1. The van der Waals surface area contributed by atoms with Gasteiger partial charge in [0.1, 0.15) is 0 Å². The molecule has 6 heteroatoms. The van der Waals surface area contributed by atoms with Crippen molar-refractivity contribution >= 4 is 16.0 Å². The van der Waals surface area contributed by atoms with Gasteiger partial charge in [0.15, 0.2) is 0 Å². The van der Waals surface area contributed by atoms with Crippen LogP contribution in [0.25, 0.3) is 0 Å². The van der Waals surface area contributed by atoms with Crippen LogP contribution in [0.3, 0.4) is 0 Å². The lowest BCUT2D eigenvalue weighted by Gasteiger charge is -2.17. The predicted molar refractivity (Wildman–Crippen MR) is 55.3 cm³/mol. The van der Waals surface area contributed by atoms with Crippen LogP contribution in [0.1, 0.15) is 27.2 Å². The number of hydrogen-bond donors (Lipinski definition) is 2. The minimum absolute atomic E-state index is 0.422. The molecule has 0 aromatic heterocycles. The first-order valence-electron chi connectivity index (χ1n) is 3.97. The van der Waals surface area contributed by atoms with Gasteiger partial charge in [-0.1, -0.05) is 13.5 Å². The minimum atomic E-state index is -3.85. The van der Waals surface area contributed by atoms with Crippen molar-refractivity contribution in [3.8, 4) is 0 Å². The average molecular weight is 223 g/mol. The van der Waals surface area contributed by atoms with Crippen molar-refractivity contribution in [2.45, 2.75) is 31.9 Å². The van der Waals surface area contributed by atoms with Crippen LogP contribution < -0.4 is 5.73 Å². The van der Waals surface area contributed by atoms with Crippen LogP contribution in [0.2, 0.25) is 0 Å². The van der Waals surface area contributed by atoms with Crippen molar-refractivity contribution in [2.75, 3.05) is 0 Å². The van der Waals surface area contributed by atoms with Crippen LogP contribution in [0, 0.1) is 0 Å². The Kier molecular flexibility index (Phi) is 6.42. The van der Waals surface area contributed by atoms with E-state index in [4.69, 9.17) is 4.55 Å². The fourth-order valence-corrected chi connectivity index (χ4v) is 0.547. The third kappa shape index (κ3) is 6.62. The lowest BCUT2D eigenvalue weighted by atomic mass is 10.1. The highest BCUT2D eigenvalue weighted by Gasteiger charge is 2.29. The lowest BCUT2D eigenvalue weighted by molar-refractivity contribution is -0.113. The number of hydrogen-bond acceptors (Lipinski definition) is 3. The van der Waals surface area contributed by atoms with Crippen LogP contribution >= 0.6 is 0 Å². The zero-order valence-electron chi connectivity index (χ0n) is 8.65. The summed E-state index contributed by atoms with van der Waals surface area (Å²) in [4.78, 5) is 9.47. The van der Waals surface area contributed by atoms with E-state index in [2.05, 4.69) is 12.3 Å². The van der Waals surface area contributed by atoms with Gasteiger partial charge in [-0.3, -0.25) is 9.35 Å². The van der Waals surface area contributed by atoms with E-state index in [-0.39, 0.29) is 0 Å². The molecule has 14 heavy (non-hydrogen) atoms. The molecule has 0 bridgehead atoms. The number of carbonyl (C=O) groups is 1. The van der Waals surface area contributed by atoms with Gasteiger partial charge in [0.05, 0.1) is 4.75 Å². The van der Waals surface area contributed by atoms with Crippen LogP contribution in [-0.4, -0.2) is 23.6 Å². The summed E-state index contributed by atoms with van der Waals surface area (Å²) in [6.07, 6.45) is 1.48. The summed E-state index contributed by atoms with van der Waals surface area (Å²) >= 11 is 0. The third-order valence-electron chi connectivity index (χ3n) is 1.75. The molecule has 0 spiro atoms. The van der Waals surface area contributed by atoms with Crippen molar-refractivity contribution < 1.29 is 17.8 Å². The molecule has 0 unspecified atom stereocenters. The van der Waals surface area contributed by atoms with E-state index in [1.807, 2.05) is 0 Å². The SMILES string of the molecule is C=CC(N)=O.CCC(C)(C)S(=O)(=O)O. The van der Waals surface area contributed by atoms with Gasteiger partial charge in [-0.2, -0.15) is 8.42 Å². The van der Waals surface area contributed by atoms with Gasteiger partial charge in [-0.05, 0) is 26.3 Å². The largest absolute Gasteiger partial charge is 0.366 e. The molecular formula is C8H17NO4S. The van der Waals surface area contributed by atoms with Crippen LogP contribution in [0.4, 0.5) is 0 Å². The van der Waals surface area contributed by atoms with E-state index in [1.165, 1.54) is 13.8 Å². The number of rotatable bonds is 3. The molecule has 0 aliphatic rings. The van der Waals surface area contributed by atoms with Gasteiger partial charge in [0, 0.05) is 0 Å². The van der Waals surface area contributed by atoms with E-state index in [1.54, 1.807) is 6.92 Å². The molecule has 3 N–H and O–H groups in total. The Hall–Kier alpha value is -0.880. The first-order valence-corrected chi connectivity index (χ1v) is 5.41. The first kappa shape index (κ1) is 15.6. The summed E-state index contributed by atoms with van der Waals surface area (Å²) in [6, 6.07) is 0. The standard InChI is InChI=1S/C5H12O3S.C3H5NO/c1-4-5(2,3)9(6,7)8;1-2-3(4)5/h4H2,1-3H3,(H,6,7,8);2H,1H2,(H2,4,5). The van der Waals surface area contributed by atoms with Gasteiger partial charge < -0.3 is 5.73 Å². The normalized spacial score (nSPS) is 11.1. The second kappa shape index (κ2) is 5.77. The summed E-state index contributed by atoms with van der Waals surface area (Å²) in [7, 11) is -3.85. The minimum Gasteiger partial charge on any atom is -0.366 e. The van der Waals surface area contributed by atoms with Crippen molar-refractivity contribution in [3.63, 3.8) is 0 Å². The van der Waals surface area contributed by atoms with Gasteiger partial charge in [0.2, 0.25) is 5.91 Å². The maximum atomic E-state index is 10.4. The highest BCUT2D eigenvalue weighted by Crippen LogP contribution is 2.17. The van der Waals surface area contributed by atoms with E-state index in [0.29, 0.717) is 6.42 Å². The Bertz CT molecular complexity index is 292. The summed E-state index contributed by atoms with van der Waals surface area (Å²) in [6.45, 7) is 7.78. The Morgan fingerprint density at radius 3 is 1.86 bits per heavy atom. The second-order valence-electron chi connectivity index (χ2n) is 3.19. The number of primary amides is 1. The van der Waals surface area contributed by atoms with Crippen LogP contribution in [-0.2, 0) is 14.9 Å². The summed E-state index contributed by atoms with van der Waals surface area (Å²) in [5, 5.41) is 0. The van der Waals surface area contributed by atoms with Gasteiger partial charge >= 0.3 is 0 Å². The molecule has 84 valence electrons. The quantitative estimate of drug-likeness (QED) is 0.544. The van der Waals surface area contributed by atoms with Gasteiger partial charge in [0.25, 0.3) is 10.1 Å². The molecule has 0 rings (SSSR count). The van der Waals surface area contributed by atoms with E-state index in [0.717, 1.165) is 6.08 Å². The molecule has 5 nitrogen and oxygen atoms in total. The molecule has 0 saturated carbocycles. The molecule has 0 aromatic carbocycles. The molecule has 0 heterocycles. The zero-order valence-corrected chi connectivity index (χ0v) is 9.47. The molecule has 0 saturated heterocycles. The molecule has 0 radical (unpaired) electrons. The molecular weight excluding hydrogens is 206 g/mol. The summed E-state index contributed by atoms with van der Waals surface area (Å²) < 4.78 is 28.4. The lowest BCUT2D eigenvalue weighted by Crippen LogP contribution is -2.29. The molecule has 0 atom stereocenters. The Morgan fingerprint density at radius 2 is 1.86 bits per heavy atom. The van der Waals surface area contributed by atoms with E-state index in [9.17, 15) is 13.2 Å². The third-order valence-corrected chi connectivity index (χ3v) is 3.44. The summed E-state index contributed by atoms with van der Waals surface area (Å²) in [5.41, 5.74) is 4.53. The maximum absolute atomic E-state index is 10.4.